The summed E-state index contributed by atoms with van der Waals surface area (Å²) in [4.78, 5) is 8.27. The molecular formula is C10H17N3O. The second kappa shape index (κ2) is 4.91. The molecule has 1 unspecified atom stereocenters. The molecule has 1 heterocycles. The third kappa shape index (κ3) is 2.96. The summed E-state index contributed by atoms with van der Waals surface area (Å²) in [6.45, 7) is 4.19. The molecule has 1 rings (SSSR count). The molecule has 0 amide bonds. The molecule has 0 bridgehead atoms. The van der Waals surface area contributed by atoms with Crippen LogP contribution in [0.2, 0.25) is 0 Å². The highest BCUT2D eigenvalue weighted by atomic mass is 16.5. The summed E-state index contributed by atoms with van der Waals surface area (Å²) in [5.41, 5.74) is 6.81. The fourth-order valence-electron chi connectivity index (χ4n) is 1.06. The summed E-state index contributed by atoms with van der Waals surface area (Å²) < 4.78 is 4.98. The first kappa shape index (κ1) is 10.9. The van der Waals surface area contributed by atoms with Gasteiger partial charge in [0.2, 0.25) is 5.88 Å². The van der Waals surface area contributed by atoms with Crippen LogP contribution in [0.4, 0.5) is 0 Å². The first-order valence-corrected chi connectivity index (χ1v) is 4.74. The summed E-state index contributed by atoms with van der Waals surface area (Å²) in [7, 11) is 1.58. The Bertz CT molecular complexity index is 288. The van der Waals surface area contributed by atoms with Crippen LogP contribution in [0, 0.1) is 5.92 Å². The van der Waals surface area contributed by atoms with Crippen molar-refractivity contribution in [1.82, 2.24) is 9.97 Å². The van der Waals surface area contributed by atoms with Gasteiger partial charge in [-0.3, -0.25) is 4.98 Å². The lowest BCUT2D eigenvalue weighted by Gasteiger charge is -2.14. The van der Waals surface area contributed by atoms with Crippen LogP contribution < -0.4 is 10.5 Å². The van der Waals surface area contributed by atoms with E-state index in [1.807, 2.05) is 0 Å². The molecule has 0 saturated heterocycles. The van der Waals surface area contributed by atoms with E-state index in [0.29, 0.717) is 11.8 Å². The lowest BCUT2D eigenvalue weighted by Crippen LogP contribution is -2.29. The van der Waals surface area contributed by atoms with Crippen molar-refractivity contribution < 1.29 is 4.74 Å². The molecule has 1 aromatic heterocycles. The lowest BCUT2D eigenvalue weighted by molar-refractivity contribution is 0.391. The average molecular weight is 195 g/mol. The first-order valence-electron chi connectivity index (χ1n) is 4.74. The van der Waals surface area contributed by atoms with Gasteiger partial charge in [-0.05, 0) is 5.92 Å². The van der Waals surface area contributed by atoms with E-state index in [0.717, 1.165) is 12.1 Å². The lowest BCUT2D eigenvalue weighted by atomic mass is 10.0. The maximum absolute atomic E-state index is 5.93. The van der Waals surface area contributed by atoms with Gasteiger partial charge in [-0.1, -0.05) is 13.8 Å². The third-order valence-electron chi connectivity index (χ3n) is 2.17. The monoisotopic (exact) mass is 195 g/mol. The van der Waals surface area contributed by atoms with Crippen molar-refractivity contribution in [2.45, 2.75) is 26.3 Å². The van der Waals surface area contributed by atoms with E-state index in [1.165, 1.54) is 0 Å². The van der Waals surface area contributed by atoms with Gasteiger partial charge in [0.15, 0.2) is 0 Å². The molecule has 2 N–H and O–H groups in total. The molecule has 4 heteroatoms. The zero-order valence-electron chi connectivity index (χ0n) is 8.90. The van der Waals surface area contributed by atoms with Crippen LogP contribution in [0.3, 0.4) is 0 Å². The van der Waals surface area contributed by atoms with E-state index < -0.39 is 0 Å². The predicted octanol–water partition coefficient (Wildman–Crippen LogP) is 1.01. The highest BCUT2D eigenvalue weighted by Gasteiger charge is 2.10. The number of methoxy groups -OCH3 is 1. The Kier molecular flexibility index (Phi) is 3.83. The van der Waals surface area contributed by atoms with Crippen molar-refractivity contribution in [3.8, 4) is 5.88 Å². The second-order valence-electron chi connectivity index (χ2n) is 3.66. The number of aromatic nitrogens is 2. The van der Waals surface area contributed by atoms with Crippen LogP contribution in [0.15, 0.2) is 12.4 Å². The van der Waals surface area contributed by atoms with E-state index in [1.54, 1.807) is 19.5 Å². The van der Waals surface area contributed by atoms with E-state index in [9.17, 15) is 0 Å². The van der Waals surface area contributed by atoms with Gasteiger partial charge in [0.1, 0.15) is 0 Å². The van der Waals surface area contributed by atoms with Crippen molar-refractivity contribution in [3.05, 3.63) is 18.1 Å². The largest absolute Gasteiger partial charge is 0.480 e. The van der Waals surface area contributed by atoms with Gasteiger partial charge in [-0.25, -0.2) is 4.98 Å². The number of ether oxygens (including phenoxy) is 1. The number of rotatable bonds is 4. The Balaban J connectivity index is 2.66. The summed E-state index contributed by atoms with van der Waals surface area (Å²) in [6, 6.07) is 0.122. The molecule has 78 valence electrons. The second-order valence-corrected chi connectivity index (χ2v) is 3.66. The number of hydrogen-bond donors (Lipinski definition) is 1. The van der Waals surface area contributed by atoms with Crippen molar-refractivity contribution in [1.29, 1.82) is 0 Å². The predicted molar refractivity (Wildman–Crippen MR) is 55.1 cm³/mol. The smallest absolute Gasteiger partial charge is 0.232 e. The number of nitrogens with two attached hydrogens (primary N) is 1. The number of nitrogens with zero attached hydrogens (tertiary/aromatic N) is 2. The van der Waals surface area contributed by atoms with E-state index in [2.05, 4.69) is 23.8 Å². The Morgan fingerprint density at radius 2 is 2.14 bits per heavy atom. The molecule has 0 aliphatic carbocycles. The molecule has 4 nitrogen and oxygen atoms in total. The van der Waals surface area contributed by atoms with E-state index in [4.69, 9.17) is 10.5 Å². The summed E-state index contributed by atoms with van der Waals surface area (Å²) in [5, 5.41) is 0. The highest BCUT2D eigenvalue weighted by Crippen LogP contribution is 2.08. The molecule has 0 aromatic carbocycles. The Hall–Kier alpha value is -1.16. The highest BCUT2D eigenvalue weighted by molar-refractivity contribution is 5.09. The van der Waals surface area contributed by atoms with E-state index >= 15 is 0 Å². The Labute approximate surface area is 84.5 Å². The topological polar surface area (TPSA) is 61.0 Å². The third-order valence-corrected chi connectivity index (χ3v) is 2.17. The Morgan fingerprint density at radius 1 is 1.43 bits per heavy atom. The fraction of sp³-hybridized carbons (Fsp3) is 0.600. The molecular weight excluding hydrogens is 178 g/mol. The molecule has 1 aromatic rings. The minimum Gasteiger partial charge on any atom is -0.480 e. The van der Waals surface area contributed by atoms with Gasteiger partial charge in [0, 0.05) is 18.7 Å². The normalized spacial score (nSPS) is 12.9. The minimum atomic E-state index is 0.122. The molecule has 0 spiro atoms. The van der Waals surface area contributed by atoms with Gasteiger partial charge in [0.05, 0.1) is 19.0 Å². The van der Waals surface area contributed by atoms with Gasteiger partial charge < -0.3 is 10.5 Å². The van der Waals surface area contributed by atoms with Gasteiger partial charge in [0.25, 0.3) is 0 Å². The first-order chi connectivity index (χ1) is 6.63. The maximum Gasteiger partial charge on any atom is 0.232 e. The summed E-state index contributed by atoms with van der Waals surface area (Å²) >= 11 is 0. The Morgan fingerprint density at radius 3 is 2.71 bits per heavy atom. The molecule has 0 fully saturated rings. The van der Waals surface area contributed by atoms with Crippen LogP contribution >= 0.6 is 0 Å². The van der Waals surface area contributed by atoms with Gasteiger partial charge in [-0.2, -0.15) is 0 Å². The molecule has 0 radical (unpaired) electrons. The summed E-state index contributed by atoms with van der Waals surface area (Å²) in [6.07, 6.45) is 4.05. The zero-order chi connectivity index (χ0) is 10.6. The molecule has 1 atom stereocenters. The quantitative estimate of drug-likeness (QED) is 0.779. The van der Waals surface area contributed by atoms with Crippen LogP contribution in [0.25, 0.3) is 0 Å². The van der Waals surface area contributed by atoms with Crippen LogP contribution in [0.1, 0.15) is 19.5 Å². The van der Waals surface area contributed by atoms with Crippen molar-refractivity contribution >= 4 is 0 Å². The van der Waals surface area contributed by atoms with Crippen LogP contribution in [-0.4, -0.2) is 23.1 Å². The number of hydrogen-bond acceptors (Lipinski definition) is 4. The van der Waals surface area contributed by atoms with E-state index in [-0.39, 0.29) is 6.04 Å². The molecule has 14 heavy (non-hydrogen) atoms. The average Bonchev–Trinajstić information content (AvgIpc) is 2.18. The molecule has 0 aliphatic heterocycles. The minimum absolute atomic E-state index is 0.122. The van der Waals surface area contributed by atoms with Crippen LogP contribution in [0.5, 0.6) is 5.88 Å². The van der Waals surface area contributed by atoms with Crippen LogP contribution in [-0.2, 0) is 6.42 Å². The van der Waals surface area contributed by atoms with Crippen molar-refractivity contribution in [2.24, 2.45) is 11.7 Å². The standard InChI is InChI=1S/C10H17N3O/c1-7(2)9(11)4-8-5-12-6-10(13-8)14-3/h5-7,9H,4,11H2,1-3H3. The zero-order valence-corrected chi connectivity index (χ0v) is 8.90. The van der Waals surface area contributed by atoms with Crippen molar-refractivity contribution in [3.63, 3.8) is 0 Å². The fourth-order valence-corrected chi connectivity index (χ4v) is 1.06. The summed E-state index contributed by atoms with van der Waals surface area (Å²) in [5.74, 6) is 0.987. The SMILES string of the molecule is COc1cncc(CC(N)C(C)C)n1. The molecule has 0 saturated carbocycles. The molecule has 0 aliphatic rings. The van der Waals surface area contributed by atoms with Gasteiger partial charge >= 0.3 is 0 Å². The van der Waals surface area contributed by atoms with Crippen molar-refractivity contribution in [2.75, 3.05) is 7.11 Å². The van der Waals surface area contributed by atoms with Gasteiger partial charge in [-0.15, -0.1) is 0 Å². The maximum atomic E-state index is 5.93.